The Bertz CT molecular complexity index is 3900. The number of methoxy groups -OCH3 is 1. The molecule has 512 valence electrons. The fourth-order valence-corrected chi connectivity index (χ4v) is 15.5. The zero-order valence-corrected chi connectivity index (χ0v) is 60.0. The van der Waals surface area contributed by atoms with Crippen LogP contribution in [0.4, 0.5) is 17.1 Å². The number of likely N-dealkylation sites (tertiary alicyclic amines) is 1. The normalized spacial score (nSPS) is 23.1. The first-order valence-corrected chi connectivity index (χ1v) is 35.6. The van der Waals surface area contributed by atoms with Gasteiger partial charge in [-0.2, -0.15) is 7.82 Å². The van der Waals surface area contributed by atoms with E-state index in [9.17, 15) is 32.8 Å². The van der Waals surface area contributed by atoms with Crippen molar-refractivity contribution in [2.45, 2.75) is 116 Å². The fraction of sp³-hybridized carbons (Fsp3) is 0.446. The number of anilines is 3. The van der Waals surface area contributed by atoms with E-state index in [1.54, 1.807) is 50.0 Å². The van der Waals surface area contributed by atoms with Gasteiger partial charge in [-0.1, -0.05) is 103 Å². The summed E-state index contributed by atoms with van der Waals surface area (Å²) in [5.74, 6) is 1.08. The van der Waals surface area contributed by atoms with Crippen LogP contribution in [0.25, 0.3) is 5.69 Å². The van der Waals surface area contributed by atoms with E-state index in [-0.39, 0.29) is 64.2 Å². The third-order valence-electron chi connectivity index (χ3n) is 18.4. The SMILES string of the molecule is CC(CN1c2ccccc2Sc2ccccc21)N(C)C.CN1C2CCC1CC(OC(C(=O)CO)c1ccccc1)C2.COc1ccc2c3c1O[C@H]1[C@@H](O)C=C[C@H]4[C@@H](C2)N(C)CC[C@@]341.Cc1c(N(C)CS(=O)(=O)[O-])c(=O)n(-c2ccccc2)n1C.O=P([O-])([O-])[O-].O=S(=O)([O-])[O-].[Na+]. The van der Waals surface area contributed by atoms with Gasteiger partial charge in [0, 0.05) is 81.9 Å². The summed E-state index contributed by atoms with van der Waals surface area (Å²) in [5, 5.41) is 19.8. The molecule has 5 aliphatic heterocycles. The second kappa shape index (κ2) is 32.6. The van der Waals surface area contributed by atoms with Crippen molar-refractivity contribution < 1.29 is 109 Å². The van der Waals surface area contributed by atoms with Gasteiger partial charge in [-0.25, -0.2) is 13.1 Å². The number of nitrogens with zero attached hydrogens (tertiary/aromatic N) is 7. The Morgan fingerprint density at radius 2 is 1.37 bits per heavy atom. The van der Waals surface area contributed by atoms with Crippen molar-refractivity contribution in [3.05, 3.63) is 166 Å². The summed E-state index contributed by atoms with van der Waals surface area (Å²) < 4.78 is 96.3. The zero-order valence-electron chi connectivity index (χ0n) is 54.7. The van der Waals surface area contributed by atoms with Crippen LogP contribution in [0.5, 0.6) is 11.5 Å². The Morgan fingerprint density at radius 3 is 1.89 bits per heavy atom. The number of benzene rings is 5. The van der Waals surface area contributed by atoms with E-state index in [1.807, 2.05) is 60.3 Å². The summed E-state index contributed by atoms with van der Waals surface area (Å²) in [5.41, 5.74) is 7.16. The van der Waals surface area contributed by atoms with E-state index in [2.05, 4.69) is 115 Å². The number of carbonyl (C=O) groups is 1. The third kappa shape index (κ3) is 18.7. The maximum atomic E-state index is 12.5. The number of piperidine rings is 2. The summed E-state index contributed by atoms with van der Waals surface area (Å²) in [6.45, 7) is 5.55. The first-order valence-electron chi connectivity index (χ1n) is 30.4. The predicted molar refractivity (Wildman–Crippen MR) is 346 cm³/mol. The number of hydrogen-bond acceptors (Lipinski definition) is 24. The summed E-state index contributed by atoms with van der Waals surface area (Å²) >= 11 is 1.87. The number of ether oxygens (including phenoxy) is 3. The number of phosphoric acid groups is 1. The predicted octanol–water partition coefficient (Wildman–Crippen LogP) is 0.936. The van der Waals surface area contributed by atoms with Crippen molar-refractivity contribution in [1.82, 2.24) is 24.1 Å². The maximum absolute atomic E-state index is 12.5. The van der Waals surface area contributed by atoms with Gasteiger partial charge in [0.2, 0.25) is 0 Å². The maximum Gasteiger partial charge on any atom is 1.00 e. The standard InChI is InChI=1S/C18H21NO3.C17H20N2S.C17H23NO3.C13H17N3O4S.Na.H3O4P.H2O4S/c1-19-8-7-18-11-4-5-13(20)17(18)22-16-14(21-2)6-3-10(15(16)18)9-12(11)19;1-13(18(2)3)12-19-14-8-4-6-10-16(14)20-17-11-7-5-9-15(17)19;1-18-13-7-8-14(18)10-15(9-13)21-17(16(20)11-19)12-5-3-2-4-6-12;1-10-12(14(2)9-21(18,19)20)13(17)16(15(10)3)11-7-5-4-6-8-11;;2*1-5(2,3)4/h3-6,11-13,17,20H,7-9H2,1-2H3;4-11,13H,12H2,1-3H3;2-6,13-15,17,19H,7-11H2,1H3;4-8H,9H2,1-3H3,(H,18,19,20);;(H3,1,2,3,4);(H2,1,2,3,4)/q;;;;+1;;/p-6/t11-,12+,13-,17-,18-;;;;;;/m0....../s1. The number of likely N-dealkylation sites (N-methyl/N-ethyl adjacent to an activating group) is 2. The first kappa shape index (κ1) is 77.1. The molecule has 2 aliphatic carbocycles. The molecule has 6 aromatic rings. The Labute approximate surface area is 581 Å². The topological polar surface area (TPSA) is 352 Å². The van der Waals surface area contributed by atoms with E-state index >= 15 is 0 Å². The summed E-state index contributed by atoms with van der Waals surface area (Å²) in [4.78, 5) is 63.7. The quantitative estimate of drug-likeness (QED) is 0.0534. The van der Waals surface area contributed by atoms with E-state index in [0.29, 0.717) is 41.5 Å². The van der Waals surface area contributed by atoms with Crippen molar-refractivity contribution in [3.63, 3.8) is 0 Å². The van der Waals surface area contributed by atoms with Crippen LogP contribution in [-0.4, -0.2) is 181 Å². The molecule has 3 saturated heterocycles. The van der Waals surface area contributed by atoms with E-state index in [0.717, 1.165) is 55.8 Å². The number of aromatic nitrogens is 2. The molecule has 30 heteroatoms. The average molecular weight is 1400 g/mol. The third-order valence-corrected chi connectivity index (χ3v) is 20.2. The fourth-order valence-electron chi connectivity index (χ4n) is 13.8. The summed E-state index contributed by atoms with van der Waals surface area (Å²) in [7, 11) is -1.52. The molecule has 95 heavy (non-hydrogen) atoms. The second-order valence-electron chi connectivity index (χ2n) is 24.4. The van der Waals surface area contributed by atoms with Crippen molar-refractivity contribution in [2.24, 2.45) is 13.0 Å². The molecule has 7 aliphatic rings. The molecule has 0 amide bonds. The van der Waals surface area contributed by atoms with Crippen molar-refractivity contribution in [3.8, 4) is 17.2 Å². The number of aliphatic hydroxyl groups is 2. The van der Waals surface area contributed by atoms with Crippen LogP contribution in [0.2, 0.25) is 0 Å². The molecule has 6 heterocycles. The number of fused-ring (bicyclic) bond motifs is 4. The number of carbonyl (C=O) groups excluding carboxylic acids is 1. The van der Waals surface area contributed by atoms with Crippen LogP contribution in [0, 0.1) is 12.8 Å². The van der Waals surface area contributed by atoms with Gasteiger partial charge in [-0.3, -0.25) is 22.7 Å². The van der Waals surface area contributed by atoms with Crippen molar-refractivity contribution in [1.29, 1.82) is 0 Å². The monoisotopic (exact) mass is 1400 g/mol. The van der Waals surface area contributed by atoms with Gasteiger partial charge in [0.25, 0.3) is 5.56 Å². The summed E-state index contributed by atoms with van der Waals surface area (Å²) in [6, 6.07) is 42.2. The van der Waals surface area contributed by atoms with Gasteiger partial charge in [0.1, 0.15) is 46.6 Å². The average Bonchev–Trinajstić information content (AvgIpc) is 1.57. The smallest absolute Gasteiger partial charge is 0.822 e. The van der Waals surface area contributed by atoms with Gasteiger partial charge in [-0.05, 0) is 141 Å². The molecule has 0 saturated carbocycles. The van der Waals surface area contributed by atoms with Crippen LogP contribution in [0.3, 0.4) is 0 Å². The molecule has 1 aromatic heterocycles. The molecule has 4 unspecified atom stereocenters. The molecule has 9 atom stereocenters. The van der Waals surface area contributed by atoms with E-state index in [4.69, 9.17) is 51.0 Å². The van der Waals surface area contributed by atoms with Crippen LogP contribution in [0.15, 0.2) is 148 Å². The van der Waals surface area contributed by atoms with Gasteiger partial charge in [0.05, 0.1) is 36.0 Å². The first-order chi connectivity index (χ1) is 44.2. The molecule has 2 N–H and O–H groups in total. The Balaban J connectivity index is 0.000000170. The molecule has 4 bridgehead atoms. The van der Waals surface area contributed by atoms with Crippen LogP contribution in [-0.2, 0) is 53.5 Å². The Hall–Kier alpha value is -5.28. The van der Waals surface area contributed by atoms with Gasteiger partial charge < -0.3 is 81.8 Å². The number of Topliss-reactive ketones (excluding diaryl/α,β-unsaturated/α-hetero) is 1. The van der Waals surface area contributed by atoms with Crippen molar-refractivity contribution in [2.75, 3.05) is 77.7 Å². The molecule has 3 fully saturated rings. The molecule has 1 spiro atoms. The Morgan fingerprint density at radius 1 is 0.832 bits per heavy atom. The van der Waals surface area contributed by atoms with Crippen LogP contribution in [0.1, 0.15) is 67.5 Å². The number of para-hydroxylation sites is 3. The van der Waals surface area contributed by atoms with E-state index < -0.39 is 53.0 Å². The minimum atomic E-state index is -5.39. The molecular weight excluding hydrogens is 1320 g/mol. The number of aliphatic hydroxyl groups excluding tert-OH is 2. The summed E-state index contributed by atoms with van der Waals surface area (Å²) in [6.07, 6.45) is 9.43. The number of hydrogen-bond donors (Lipinski definition) is 2. The minimum absolute atomic E-state index is 0. The zero-order chi connectivity index (χ0) is 68.8. The number of ketones is 1. The number of rotatable bonds is 13. The second-order valence-corrected chi connectivity index (χ2v) is 28.6. The molecule has 0 radical (unpaired) electrons. The van der Waals surface area contributed by atoms with Gasteiger partial charge in [0.15, 0.2) is 17.3 Å². The van der Waals surface area contributed by atoms with E-state index in [1.165, 1.54) is 61.8 Å². The van der Waals surface area contributed by atoms with Gasteiger partial charge in [-0.15, -0.1) is 0 Å². The van der Waals surface area contributed by atoms with Crippen molar-refractivity contribution >= 4 is 62.9 Å². The molecular formula is C65H80N7NaO18PS3-5. The van der Waals surface area contributed by atoms with Crippen LogP contribution < -0.4 is 69.1 Å². The molecule has 25 nitrogen and oxygen atoms in total. The molecule has 5 aromatic carbocycles. The molecule has 13 rings (SSSR count). The van der Waals surface area contributed by atoms with Crippen LogP contribution >= 0.6 is 19.6 Å². The Kier molecular flexibility index (Phi) is 26.4. The van der Waals surface area contributed by atoms with Gasteiger partial charge >= 0.3 is 29.6 Å². The largest absolute Gasteiger partial charge is 1.00 e. The minimum Gasteiger partial charge on any atom is -0.822 e.